The van der Waals surface area contributed by atoms with E-state index in [4.69, 9.17) is 5.73 Å². The number of aryl methyl sites for hydroxylation is 2. The van der Waals surface area contributed by atoms with E-state index in [2.05, 4.69) is 35.4 Å². The molecule has 0 aliphatic rings. The highest BCUT2D eigenvalue weighted by atomic mass is 16.6. The number of hydrogen-bond acceptors (Lipinski definition) is 8. The van der Waals surface area contributed by atoms with E-state index in [1.165, 1.54) is 0 Å². The molecule has 0 fully saturated rings. The number of nitrogens with one attached hydrogen (secondary N) is 1. The van der Waals surface area contributed by atoms with Crippen molar-refractivity contribution in [1.29, 1.82) is 0 Å². The normalized spacial score (nSPS) is 10.4. The molecule has 0 spiro atoms. The Morgan fingerprint density at radius 1 is 1.21 bits per heavy atom. The summed E-state index contributed by atoms with van der Waals surface area (Å²) in [4.78, 5) is 16.0. The highest BCUT2D eigenvalue weighted by Gasteiger charge is 2.17. The molecule has 9 nitrogen and oxygen atoms in total. The minimum atomic E-state index is -0.591. The van der Waals surface area contributed by atoms with Crippen LogP contribution in [0.3, 0.4) is 0 Å². The SMILES string of the molecule is CCc1nnc(NC(=O)c2nonc2N)nc1CC. The van der Waals surface area contributed by atoms with Crippen molar-refractivity contribution >= 4 is 17.7 Å². The Morgan fingerprint density at radius 3 is 2.53 bits per heavy atom. The standard InChI is InChI=1S/C10H13N7O2/c1-3-5-6(4-2)14-15-10(12-5)13-9(18)7-8(11)17-19-16-7/h3-4H2,1-2H3,(H2,11,17)(H,12,13,15,18). The number of carbonyl (C=O) groups excluding carboxylic acids is 1. The molecule has 2 aromatic heterocycles. The molecule has 2 heterocycles. The van der Waals surface area contributed by atoms with Crippen molar-refractivity contribution in [2.75, 3.05) is 11.1 Å². The molecular weight excluding hydrogens is 250 g/mol. The van der Waals surface area contributed by atoms with Crippen LogP contribution >= 0.6 is 0 Å². The molecule has 0 unspecified atom stereocenters. The minimum Gasteiger partial charge on any atom is -0.379 e. The first-order valence-corrected chi connectivity index (χ1v) is 5.77. The van der Waals surface area contributed by atoms with Gasteiger partial charge in [-0.2, -0.15) is 0 Å². The highest BCUT2D eigenvalue weighted by Crippen LogP contribution is 2.09. The zero-order valence-electron chi connectivity index (χ0n) is 10.5. The molecule has 2 aromatic rings. The fourth-order valence-corrected chi connectivity index (χ4v) is 1.50. The van der Waals surface area contributed by atoms with Gasteiger partial charge in [0.15, 0.2) is 0 Å². The van der Waals surface area contributed by atoms with Crippen molar-refractivity contribution in [3.05, 3.63) is 17.1 Å². The Balaban J connectivity index is 2.20. The van der Waals surface area contributed by atoms with Gasteiger partial charge in [0.05, 0.1) is 11.4 Å². The fourth-order valence-electron chi connectivity index (χ4n) is 1.50. The maximum absolute atomic E-state index is 11.8. The van der Waals surface area contributed by atoms with Crippen LogP contribution in [0.2, 0.25) is 0 Å². The van der Waals surface area contributed by atoms with Gasteiger partial charge in [0, 0.05) is 0 Å². The summed E-state index contributed by atoms with van der Waals surface area (Å²) in [5.41, 5.74) is 6.90. The Kier molecular flexibility index (Phi) is 3.64. The van der Waals surface area contributed by atoms with Gasteiger partial charge >= 0.3 is 0 Å². The van der Waals surface area contributed by atoms with Crippen LogP contribution in [0.1, 0.15) is 35.7 Å². The van der Waals surface area contributed by atoms with Crippen LogP contribution in [0.5, 0.6) is 0 Å². The predicted octanol–water partition coefficient (Wildman–Crippen LogP) is 0.214. The first-order chi connectivity index (χ1) is 9.15. The molecule has 0 saturated carbocycles. The van der Waals surface area contributed by atoms with Gasteiger partial charge in [-0.05, 0) is 23.2 Å². The number of anilines is 2. The molecular formula is C10H13N7O2. The molecule has 100 valence electrons. The molecule has 0 aliphatic heterocycles. The second-order valence-electron chi connectivity index (χ2n) is 3.69. The molecule has 0 bridgehead atoms. The second-order valence-corrected chi connectivity index (χ2v) is 3.69. The van der Waals surface area contributed by atoms with E-state index in [0.29, 0.717) is 6.42 Å². The third-order valence-corrected chi connectivity index (χ3v) is 2.46. The van der Waals surface area contributed by atoms with Gasteiger partial charge in [0.2, 0.25) is 17.5 Å². The van der Waals surface area contributed by atoms with Gasteiger partial charge in [-0.25, -0.2) is 9.61 Å². The highest BCUT2D eigenvalue weighted by molar-refractivity contribution is 6.04. The van der Waals surface area contributed by atoms with E-state index in [9.17, 15) is 4.79 Å². The Hall–Kier alpha value is -2.58. The number of carbonyl (C=O) groups is 1. The Morgan fingerprint density at radius 2 is 1.95 bits per heavy atom. The van der Waals surface area contributed by atoms with E-state index < -0.39 is 5.91 Å². The summed E-state index contributed by atoms with van der Waals surface area (Å²) in [5.74, 6) is -0.584. The number of amides is 1. The quantitative estimate of drug-likeness (QED) is 0.799. The molecule has 0 aromatic carbocycles. The Labute approximate surface area is 108 Å². The summed E-state index contributed by atoms with van der Waals surface area (Å²) in [6, 6.07) is 0. The lowest BCUT2D eigenvalue weighted by atomic mass is 10.2. The van der Waals surface area contributed by atoms with Crippen molar-refractivity contribution in [2.24, 2.45) is 0 Å². The summed E-state index contributed by atoms with van der Waals surface area (Å²) < 4.78 is 4.34. The topological polar surface area (TPSA) is 133 Å². The van der Waals surface area contributed by atoms with E-state index in [1.807, 2.05) is 13.8 Å². The van der Waals surface area contributed by atoms with Crippen LogP contribution in [0.4, 0.5) is 11.8 Å². The van der Waals surface area contributed by atoms with E-state index in [-0.39, 0.29) is 17.5 Å². The lowest BCUT2D eigenvalue weighted by Gasteiger charge is -2.05. The summed E-state index contributed by atoms with van der Waals surface area (Å²) in [5, 5.41) is 17.0. The third-order valence-electron chi connectivity index (χ3n) is 2.46. The minimum absolute atomic E-state index is 0.0913. The first-order valence-electron chi connectivity index (χ1n) is 5.77. The monoisotopic (exact) mass is 263 g/mol. The van der Waals surface area contributed by atoms with Gasteiger partial charge in [0.1, 0.15) is 0 Å². The molecule has 0 saturated heterocycles. The van der Waals surface area contributed by atoms with Gasteiger partial charge < -0.3 is 5.73 Å². The molecule has 2 rings (SSSR count). The van der Waals surface area contributed by atoms with Crippen molar-refractivity contribution in [3.8, 4) is 0 Å². The van der Waals surface area contributed by atoms with Crippen LogP contribution in [0.25, 0.3) is 0 Å². The summed E-state index contributed by atoms with van der Waals surface area (Å²) in [7, 11) is 0. The second kappa shape index (κ2) is 5.38. The van der Waals surface area contributed by atoms with Gasteiger partial charge in [-0.15, -0.1) is 10.2 Å². The molecule has 0 atom stereocenters. The zero-order chi connectivity index (χ0) is 13.8. The Bertz CT molecular complexity index is 595. The first kappa shape index (κ1) is 12.9. The maximum Gasteiger partial charge on any atom is 0.284 e. The molecule has 0 radical (unpaired) electrons. The van der Waals surface area contributed by atoms with Crippen molar-refractivity contribution < 1.29 is 9.42 Å². The van der Waals surface area contributed by atoms with E-state index in [1.54, 1.807) is 0 Å². The van der Waals surface area contributed by atoms with Crippen LogP contribution in [-0.2, 0) is 12.8 Å². The van der Waals surface area contributed by atoms with E-state index in [0.717, 1.165) is 17.8 Å². The molecule has 3 N–H and O–H groups in total. The number of nitrogens with zero attached hydrogens (tertiary/aromatic N) is 5. The van der Waals surface area contributed by atoms with Gasteiger partial charge in [-0.3, -0.25) is 10.1 Å². The maximum atomic E-state index is 11.8. The average molecular weight is 263 g/mol. The lowest BCUT2D eigenvalue weighted by Crippen LogP contribution is -2.18. The number of nitrogens with two attached hydrogens (primary N) is 1. The number of hydrogen-bond donors (Lipinski definition) is 2. The lowest BCUT2D eigenvalue weighted by molar-refractivity contribution is 0.101. The molecule has 1 amide bonds. The summed E-state index contributed by atoms with van der Waals surface area (Å²) in [6.45, 7) is 3.92. The summed E-state index contributed by atoms with van der Waals surface area (Å²) in [6.07, 6.45) is 1.44. The molecule has 0 aliphatic carbocycles. The zero-order valence-corrected chi connectivity index (χ0v) is 10.5. The van der Waals surface area contributed by atoms with Crippen molar-refractivity contribution in [1.82, 2.24) is 25.5 Å². The van der Waals surface area contributed by atoms with Crippen molar-refractivity contribution in [3.63, 3.8) is 0 Å². The largest absolute Gasteiger partial charge is 0.379 e. The van der Waals surface area contributed by atoms with Crippen LogP contribution in [0.15, 0.2) is 4.63 Å². The fraction of sp³-hybridized carbons (Fsp3) is 0.400. The predicted molar refractivity (Wildman–Crippen MR) is 65.2 cm³/mol. The number of rotatable bonds is 4. The van der Waals surface area contributed by atoms with Crippen LogP contribution in [0, 0.1) is 0 Å². The summed E-state index contributed by atoms with van der Waals surface area (Å²) >= 11 is 0. The van der Waals surface area contributed by atoms with Crippen LogP contribution < -0.4 is 11.1 Å². The van der Waals surface area contributed by atoms with E-state index >= 15 is 0 Å². The van der Waals surface area contributed by atoms with Crippen molar-refractivity contribution in [2.45, 2.75) is 26.7 Å². The number of aromatic nitrogens is 5. The van der Waals surface area contributed by atoms with Gasteiger partial charge in [-0.1, -0.05) is 13.8 Å². The third kappa shape index (κ3) is 2.64. The molecule has 9 heteroatoms. The number of nitrogen functional groups attached to an aromatic ring is 1. The smallest absolute Gasteiger partial charge is 0.284 e. The van der Waals surface area contributed by atoms with Gasteiger partial charge in [0.25, 0.3) is 5.91 Å². The molecule has 19 heavy (non-hydrogen) atoms. The van der Waals surface area contributed by atoms with Crippen LogP contribution in [-0.4, -0.2) is 31.4 Å². The average Bonchev–Trinajstić information content (AvgIpc) is 2.85.